The number of nitrogens with one attached hydrogen (secondary N) is 2. The standard InChI is InChI=1S/C21H23N5O2S/c1-3-17-23-24-21-26(17)25-18(14-8-6-5-7-9-14)19(29-21)20(27)22-15-10-12-16(13-11-15)28-4-2/h5-13,18-19,25H,3-4H2,1-2H3,(H,22,27). The van der Waals surface area contributed by atoms with Gasteiger partial charge in [-0.2, -0.15) is 0 Å². The second-order valence-corrected chi connectivity index (χ2v) is 7.70. The minimum absolute atomic E-state index is 0.0900. The fourth-order valence-corrected chi connectivity index (χ4v) is 4.35. The molecule has 2 aromatic carbocycles. The zero-order chi connectivity index (χ0) is 20.2. The van der Waals surface area contributed by atoms with Gasteiger partial charge in [0.1, 0.15) is 11.0 Å². The van der Waals surface area contributed by atoms with Gasteiger partial charge < -0.3 is 15.5 Å². The second kappa shape index (κ2) is 8.57. The number of ether oxygens (including phenoxy) is 1. The van der Waals surface area contributed by atoms with Gasteiger partial charge in [-0.15, -0.1) is 10.2 Å². The number of anilines is 1. The third-order valence-corrected chi connectivity index (χ3v) is 5.89. The number of aryl methyl sites for hydroxylation is 1. The van der Waals surface area contributed by atoms with Gasteiger partial charge in [0.25, 0.3) is 0 Å². The normalized spacial score (nSPS) is 17.9. The zero-order valence-electron chi connectivity index (χ0n) is 16.3. The van der Waals surface area contributed by atoms with E-state index in [0.29, 0.717) is 11.8 Å². The van der Waals surface area contributed by atoms with Gasteiger partial charge in [-0.1, -0.05) is 49.0 Å². The average Bonchev–Trinajstić information content (AvgIpc) is 3.17. The van der Waals surface area contributed by atoms with Crippen LogP contribution in [0.3, 0.4) is 0 Å². The highest BCUT2D eigenvalue weighted by Gasteiger charge is 2.37. The Morgan fingerprint density at radius 1 is 1.14 bits per heavy atom. The molecular formula is C21H23N5O2S. The highest BCUT2D eigenvalue weighted by molar-refractivity contribution is 8.00. The molecular weight excluding hydrogens is 386 g/mol. The molecule has 8 heteroatoms. The Bertz CT molecular complexity index is 974. The van der Waals surface area contributed by atoms with Gasteiger partial charge in [-0.3, -0.25) is 4.79 Å². The van der Waals surface area contributed by atoms with Gasteiger partial charge in [0.05, 0.1) is 12.6 Å². The third kappa shape index (κ3) is 4.07. The zero-order valence-corrected chi connectivity index (χ0v) is 17.1. The van der Waals surface area contributed by atoms with E-state index in [4.69, 9.17) is 4.74 Å². The molecule has 2 atom stereocenters. The molecule has 29 heavy (non-hydrogen) atoms. The molecule has 1 amide bonds. The van der Waals surface area contributed by atoms with E-state index in [1.54, 1.807) is 0 Å². The summed E-state index contributed by atoms with van der Waals surface area (Å²) in [5.41, 5.74) is 5.21. The van der Waals surface area contributed by atoms with Crippen LogP contribution in [0.25, 0.3) is 0 Å². The number of carbonyl (C=O) groups is 1. The van der Waals surface area contributed by atoms with Crippen LogP contribution < -0.4 is 15.5 Å². The summed E-state index contributed by atoms with van der Waals surface area (Å²) in [5.74, 6) is 1.54. The van der Waals surface area contributed by atoms with Crippen LogP contribution in [0.4, 0.5) is 5.69 Å². The number of carbonyl (C=O) groups excluding carboxylic acids is 1. The number of hydrogen-bond acceptors (Lipinski definition) is 6. The summed E-state index contributed by atoms with van der Waals surface area (Å²) >= 11 is 1.42. The van der Waals surface area contributed by atoms with Gasteiger partial charge in [0, 0.05) is 12.1 Å². The SMILES string of the molecule is CCOc1ccc(NC(=O)C2Sc3nnc(CC)n3NC2c2ccccc2)cc1. The minimum Gasteiger partial charge on any atom is -0.494 e. The lowest BCUT2D eigenvalue weighted by atomic mass is 10.0. The first-order valence-electron chi connectivity index (χ1n) is 9.65. The summed E-state index contributed by atoms with van der Waals surface area (Å²) in [4.78, 5) is 13.2. The molecule has 1 aliphatic rings. The van der Waals surface area contributed by atoms with Gasteiger partial charge >= 0.3 is 0 Å². The summed E-state index contributed by atoms with van der Waals surface area (Å²) in [5, 5.41) is 11.8. The number of benzene rings is 2. The van der Waals surface area contributed by atoms with Crippen molar-refractivity contribution in [2.45, 2.75) is 36.7 Å². The molecule has 7 nitrogen and oxygen atoms in total. The van der Waals surface area contributed by atoms with E-state index in [0.717, 1.165) is 29.2 Å². The molecule has 0 radical (unpaired) electrons. The lowest BCUT2D eigenvalue weighted by molar-refractivity contribution is -0.116. The highest BCUT2D eigenvalue weighted by atomic mass is 32.2. The van der Waals surface area contributed by atoms with Gasteiger partial charge in [0.2, 0.25) is 11.1 Å². The summed E-state index contributed by atoms with van der Waals surface area (Å²) in [7, 11) is 0. The predicted molar refractivity (Wildman–Crippen MR) is 114 cm³/mol. The molecule has 0 saturated carbocycles. The average molecular weight is 410 g/mol. The Labute approximate surface area is 173 Å². The molecule has 2 N–H and O–H groups in total. The predicted octanol–water partition coefficient (Wildman–Crippen LogP) is 3.64. The van der Waals surface area contributed by atoms with Crippen LogP contribution in [0.1, 0.15) is 31.3 Å². The van der Waals surface area contributed by atoms with Crippen LogP contribution in [0.2, 0.25) is 0 Å². The third-order valence-electron chi connectivity index (χ3n) is 4.67. The van der Waals surface area contributed by atoms with Crippen LogP contribution >= 0.6 is 11.8 Å². The lowest BCUT2D eigenvalue weighted by Gasteiger charge is -2.33. The molecule has 1 aromatic heterocycles. The topological polar surface area (TPSA) is 81.1 Å². The van der Waals surface area contributed by atoms with E-state index in [-0.39, 0.29) is 11.9 Å². The smallest absolute Gasteiger partial charge is 0.240 e. The van der Waals surface area contributed by atoms with Crippen molar-refractivity contribution in [1.29, 1.82) is 0 Å². The maximum absolute atomic E-state index is 13.2. The quantitative estimate of drug-likeness (QED) is 0.647. The summed E-state index contributed by atoms with van der Waals surface area (Å²) in [6.07, 6.45) is 0.755. The van der Waals surface area contributed by atoms with Crippen molar-refractivity contribution >= 4 is 23.4 Å². The Kier molecular flexibility index (Phi) is 5.71. The van der Waals surface area contributed by atoms with Crippen LogP contribution in [0.15, 0.2) is 59.8 Å². The summed E-state index contributed by atoms with van der Waals surface area (Å²) in [6, 6.07) is 17.2. The van der Waals surface area contributed by atoms with Crippen LogP contribution in [0, 0.1) is 0 Å². The number of amides is 1. The fourth-order valence-electron chi connectivity index (χ4n) is 3.25. The molecule has 0 spiro atoms. The molecule has 0 saturated heterocycles. The van der Waals surface area contributed by atoms with Crippen molar-refractivity contribution in [1.82, 2.24) is 14.9 Å². The van der Waals surface area contributed by atoms with Crippen LogP contribution in [-0.4, -0.2) is 32.6 Å². The maximum Gasteiger partial charge on any atom is 0.240 e. The van der Waals surface area contributed by atoms with Crippen molar-refractivity contribution in [2.75, 3.05) is 17.3 Å². The van der Waals surface area contributed by atoms with E-state index in [1.807, 2.05) is 73.1 Å². The van der Waals surface area contributed by atoms with Crippen molar-refractivity contribution < 1.29 is 9.53 Å². The molecule has 3 aromatic rings. The lowest BCUT2D eigenvalue weighted by Crippen LogP contribution is -2.41. The van der Waals surface area contributed by atoms with Gasteiger partial charge in [0.15, 0.2) is 5.82 Å². The fraction of sp³-hybridized carbons (Fsp3) is 0.286. The Balaban J connectivity index is 1.59. The van der Waals surface area contributed by atoms with Crippen molar-refractivity contribution in [3.8, 4) is 5.75 Å². The Morgan fingerprint density at radius 3 is 2.59 bits per heavy atom. The van der Waals surface area contributed by atoms with Gasteiger partial charge in [-0.05, 0) is 36.8 Å². The Morgan fingerprint density at radius 2 is 1.90 bits per heavy atom. The summed E-state index contributed by atoms with van der Waals surface area (Å²) in [6.45, 7) is 4.58. The van der Waals surface area contributed by atoms with Crippen LogP contribution in [-0.2, 0) is 11.2 Å². The van der Waals surface area contributed by atoms with Crippen molar-refractivity contribution in [3.63, 3.8) is 0 Å². The van der Waals surface area contributed by atoms with E-state index in [2.05, 4.69) is 20.9 Å². The molecule has 2 unspecified atom stereocenters. The number of aromatic nitrogens is 3. The first-order chi connectivity index (χ1) is 14.2. The number of hydrogen-bond donors (Lipinski definition) is 2. The van der Waals surface area contributed by atoms with Crippen molar-refractivity contribution in [2.24, 2.45) is 0 Å². The first-order valence-corrected chi connectivity index (χ1v) is 10.5. The minimum atomic E-state index is -0.398. The van der Waals surface area contributed by atoms with E-state index in [1.165, 1.54) is 11.8 Å². The molecule has 1 aliphatic heterocycles. The highest BCUT2D eigenvalue weighted by Crippen LogP contribution is 2.37. The maximum atomic E-state index is 13.2. The number of rotatable bonds is 6. The van der Waals surface area contributed by atoms with Crippen LogP contribution in [0.5, 0.6) is 5.75 Å². The Hall–Kier alpha value is -3.00. The first kappa shape index (κ1) is 19.3. The molecule has 0 fully saturated rings. The molecule has 2 heterocycles. The van der Waals surface area contributed by atoms with E-state index >= 15 is 0 Å². The molecule has 4 rings (SSSR count). The van der Waals surface area contributed by atoms with Gasteiger partial charge in [-0.25, -0.2) is 4.68 Å². The number of thioether (sulfide) groups is 1. The van der Waals surface area contributed by atoms with E-state index in [9.17, 15) is 4.79 Å². The molecule has 0 aliphatic carbocycles. The van der Waals surface area contributed by atoms with E-state index < -0.39 is 5.25 Å². The molecule has 0 bridgehead atoms. The largest absolute Gasteiger partial charge is 0.494 e. The summed E-state index contributed by atoms with van der Waals surface area (Å²) < 4.78 is 7.36. The number of nitrogens with zero attached hydrogens (tertiary/aromatic N) is 3. The monoisotopic (exact) mass is 409 g/mol. The number of fused-ring (bicyclic) bond motifs is 1. The molecule has 150 valence electrons. The second-order valence-electron chi connectivity index (χ2n) is 6.59. The van der Waals surface area contributed by atoms with Crippen molar-refractivity contribution in [3.05, 3.63) is 66.0 Å².